The zero-order valence-corrected chi connectivity index (χ0v) is 32.8. The van der Waals surface area contributed by atoms with Gasteiger partial charge in [0.25, 0.3) is 5.91 Å². The van der Waals surface area contributed by atoms with Crippen molar-refractivity contribution in [3.63, 3.8) is 0 Å². The van der Waals surface area contributed by atoms with Gasteiger partial charge < -0.3 is 35.7 Å². The zero-order valence-electron chi connectivity index (χ0n) is 32.8. The van der Waals surface area contributed by atoms with E-state index < -0.39 is 65.5 Å². The lowest BCUT2D eigenvalue weighted by Gasteiger charge is -2.30. The third-order valence-electron chi connectivity index (χ3n) is 9.74. The maximum absolute atomic E-state index is 14.1. The number of allylic oxidation sites excluding steroid dienone is 4. The van der Waals surface area contributed by atoms with Crippen LogP contribution in [0.15, 0.2) is 76.7 Å². The molecule has 5 N–H and O–H groups in total. The number of amides is 2. The standard InChI is InChI=1S/C41H56F2N4O8/c1-8-9-16-47(23-28-13-14-30(42)31(43)21-28)17-15-45-36-29-18-24(2)19-35(54-7)37(49)26(4)20-27(5)39(55-41(44)52)34(53-6)12-10-11-25(3)40(51)46-32(38(29)50)22-33(36)48/h10-14,20-22,24,26,34-35,37,39,45,49H,8-9,15-19,23H2,1-7H3,(H2,44,52)(H,46,51)/b12-10-,25-11+,27-20+/t24-,26+,34+,35+,37-,39+/m1/s1. The molecule has 302 valence electrons. The van der Waals surface area contributed by atoms with Crippen LogP contribution in [0.5, 0.6) is 0 Å². The largest absolute Gasteiger partial charge is 0.439 e. The van der Waals surface area contributed by atoms with E-state index in [1.165, 1.54) is 45.4 Å². The Bertz CT molecular complexity index is 1700. The number of rotatable bonds is 12. The van der Waals surface area contributed by atoms with E-state index in [0.29, 0.717) is 37.2 Å². The molecule has 6 atom stereocenters. The number of carbonyl (C=O) groups excluding carboxylic acids is 4. The molecular weight excluding hydrogens is 714 g/mol. The summed E-state index contributed by atoms with van der Waals surface area (Å²) in [4.78, 5) is 55.0. The molecule has 0 saturated carbocycles. The predicted molar refractivity (Wildman–Crippen MR) is 204 cm³/mol. The SMILES string of the molecule is CCCCN(CCNC1=C2C[C@@H](C)C[C@H](OC)[C@H](O)[C@@H](C)/C=C(\C)[C@H](OC(N)=O)[C@@H](OC)/C=C\C=C(/C)C(=O)NC(=CC1=O)C2=O)Cc1ccc(F)c(F)c1. The van der Waals surface area contributed by atoms with Crippen LogP contribution in [0, 0.1) is 23.5 Å². The van der Waals surface area contributed by atoms with Crippen molar-refractivity contribution >= 4 is 23.6 Å². The van der Waals surface area contributed by atoms with Crippen LogP contribution in [0.3, 0.4) is 0 Å². The highest BCUT2D eigenvalue weighted by Crippen LogP contribution is 2.29. The Hall–Kier alpha value is -4.50. The summed E-state index contributed by atoms with van der Waals surface area (Å²) in [5.41, 5.74) is 6.86. The summed E-state index contributed by atoms with van der Waals surface area (Å²) in [5, 5.41) is 17.2. The number of aliphatic hydroxyl groups is 1. The van der Waals surface area contributed by atoms with Crippen molar-refractivity contribution in [3.8, 4) is 0 Å². The van der Waals surface area contributed by atoms with Gasteiger partial charge in [-0.25, -0.2) is 13.6 Å². The van der Waals surface area contributed by atoms with Crippen molar-refractivity contribution in [1.82, 2.24) is 15.5 Å². The topological polar surface area (TPSA) is 170 Å². The Labute approximate surface area is 322 Å². The first-order chi connectivity index (χ1) is 26.1. The quantitative estimate of drug-likeness (QED) is 0.169. The number of unbranched alkanes of at least 4 members (excludes halogenated alkanes) is 1. The number of halogens is 2. The van der Waals surface area contributed by atoms with Gasteiger partial charge in [-0.05, 0) is 68.8 Å². The van der Waals surface area contributed by atoms with E-state index >= 15 is 0 Å². The number of carbonyl (C=O) groups is 4. The average molecular weight is 771 g/mol. The number of ketones is 2. The number of primary amides is 1. The van der Waals surface area contributed by atoms with Crippen molar-refractivity contribution in [2.45, 2.75) is 91.3 Å². The lowest BCUT2D eigenvalue weighted by atomic mass is 9.85. The minimum atomic E-state index is -1.02. The van der Waals surface area contributed by atoms with E-state index in [1.54, 1.807) is 26.0 Å². The molecule has 0 unspecified atom stereocenters. The number of benzene rings is 1. The molecule has 14 heteroatoms. The van der Waals surface area contributed by atoms with Crippen LogP contribution < -0.4 is 16.4 Å². The van der Waals surface area contributed by atoms with E-state index in [9.17, 15) is 33.1 Å². The summed E-state index contributed by atoms with van der Waals surface area (Å²) in [5.74, 6) is -4.27. The molecule has 1 aliphatic carbocycles. The molecule has 3 rings (SSSR count). The first kappa shape index (κ1) is 44.9. The van der Waals surface area contributed by atoms with Crippen LogP contribution in [0.2, 0.25) is 0 Å². The number of Topliss-reactive ketones (excluding diaryl/α,β-unsaturated/α-hetero) is 1. The van der Waals surface area contributed by atoms with E-state index in [0.717, 1.165) is 25.0 Å². The number of nitrogens with two attached hydrogens (primary N) is 1. The third-order valence-corrected chi connectivity index (χ3v) is 9.74. The summed E-state index contributed by atoms with van der Waals surface area (Å²) in [7, 11) is 2.90. The van der Waals surface area contributed by atoms with Gasteiger partial charge >= 0.3 is 6.09 Å². The molecule has 0 fully saturated rings. The number of methoxy groups -OCH3 is 2. The van der Waals surface area contributed by atoms with Gasteiger partial charge in [0.15, 0.2) is 17.7 Å². The van der Waals surface area contributed by atoms with Crippen molar-refractivity contribution in [1.29, 1.82) is 0 Å². The fourth-order valence-corrected chi connectivity index (χ4v) is 6.67. The molecule has 0 saturated heterocycles. The van der Waals surface area contributed by atoms with Crippen molar-refractivity contribution in [3.05, 3.63) is 93.9 Å². The van der Waals surface area contributed by atoms with E-state index in [2.05, 4.69) is 15.5 Å². The maximum atomic E-state index is 14.1. The molecule has 1 aliphatic heterocycles. The minimum absolute atomic E-state index is 0.103. The molecule has 55 heavy (non-hydrogen) atoms. The Morgan fingerprint density at radius 3 is 2.45 bits per heavy atom. The van der Waals surface area contributed by atoms with E-state index in [-0.39, 0.29) is 41.4 Å². The van der Waals surface area contributed by atoms with Gasteiger partial charge in [0, 0.05) is 57.0 Å². The van der Waals surface area contributed by atoms with E-state index in [1.807, 2.05) is 13.8 Å². The average Bonchev–Trinajstić information content (AvgIpc) is 3.14. The molecule has 12 nitrogen and oxygen atoms in total. The van der Waals surface area contributed by atoms with Crippen LogP contribution >= 0.6 is 0 Å². The molecular formula is C41H56F2N4O8. The second kappa shape index (κ2) is 21.6. The number of ether oxygens (including phenoxy) is 3. The molecule has 1 heterocycles. The number of nitrogens with zero attached hydrogens (tertiary/aromatic N) is 1. The number of fused-ring (bicyclic) bond motifs is 2. The lowest BCUT2D eigenvalue weighted by Crippen LogP contribution is -2.39. The molecule has 0 spiro atoms. The normalized spacial score (nSPS) is 27.1. The smallest absolute Gasteiger partial charge is 0.405 e. The summed E-state index contributed by atoms with van der Waals surface area (Å²) in [6.45, 7) is 10.7. The van der Waals surface area contributed by atoms with Crippen LogP contribution in [0.1, 0.15) is 65.9 Å². The summed E-state index contributed by atoms with van der Waals surface area (Å²) >= 11 is 0. The minimum Gasteiger partial charge on any atom is -0.439 e. The van der Waals surface area contributed by atoms with Gasteiger partial charge in [-0.3, -0.25) is 19.3 Å². The molecule has 2 aliphatic rings. The van der Waals surface area contributed by atoms with Crippen molar-refractivity contribution in [2.24, 2.45) is 17.6 Å². The fourth-order valence-electron chi connectivity index (χ4n) is 6.67. The summed E-state index contributed by atoms with van der Waals surface area (Å²) in [6, 6.07) is 3.80. The number of aliphatic hydroxyl groups excluding tert-OH is 1. The Balaban J connectivity index is 1.98. The Kier molecular flexibility index (Phi) is 17.6. The third kappa shape index (κ3) is 13.1. The van der Waals surface area contributed by atoms with Gasteiger partial charge in [-0.15, -0.1) is 0 Å². The lowest BCUT2D eigenvalue weighted by molar-refractivity contribution is -0.120. The van der Waals surface area contributed by atoms with Gasteiger partial charge in [0.05, 0.1) is 23.6 Å². The van der Waals surface area contributed by atoms with Gasteiger partial charge in [0.1, 0.15) is 6.10 Å². The fraction of sp³-hybridized carbons (Fsp3) is 0.512. The van der Waals surface area contributed by atoms with Crippen LogP contribution in [0.25, 0.3) is 0 Å². The Morgan fingerprint density at radius 2 is 1.82 bits per heavy atom. The molecule has 1 aromatic rings. The van der Waals surface area contributed by atoms with Crippen molar-refractivity contribution in [2.75, 3.05) is 33.9 Å². The highest BCUT2D eigenvalue weighted by molar-refractivity contribution is 6.23. The van der Waals surface area contributed by atoms with Crippen molar-refractivity contribution < 1.29 is 47.3 Å². The van der Waals surface area contributed by atoms with Gasteiger partial charge in [0.2, 0.25) is 11.6 Å². The first-order valence-electron chi connectivity index (χ1n) is 18.6. The number of hydrogen-bond donors (Lipinski definition) is 4. The monoisotopic (exact) mass is 770 g/mol. The molecule has 1 aromatic carbocycles. The molecule has 2 bridgehead atoms. The molecule has 2 amide bonds. The van der Waals surface area contributed by atoms with Gasteiger partial charge in [-0.1, -0.05) is 57.6 Å². The Morgan fingerprint density at radius 1 is 1.09 bits per heavy atom. The van der Waals surface area contributed by atoms with Crippen LogP contribution in [-0.4, -0.2) is 91.8 Å². The first-order valence-corrected chi connectivity index (χ1v) is 18.6. The molecule has 0 aromatic heterocycles. The molecule has 0 radical (unpaired) electrons. The second-order valence-corrected chi connectivity index (χ2v) is 14.2. The summed E-state index contributed by atoms with van der Waals surface area (Å²) in [6.07, 6.45) is 5.13. The highest BCUT2D eigenvalue weighted by Gasteiger charge is 2.33. The number of nitrogens with one attached hydrogen (secondary N) is 2. The highest BCUT2D eigenvalue weighted by atomic mass is 19.2. The van der Waals surface area contributed by atoms with Gasteiger partial charge in [-0.2, -0.15) is 0 Å². The number of hydrogen-bond acceptors (Lipinski definition) is 10. The summed E-state index contributed by atoms with van der Waals surface area (Å²) < 4.78 is 44.3. The maximum Gasteiger partial charge on any atom is 0.405 e. The van der Waals surface area contributed by atoms with Crippen LogP contribution in [-0.2, 0) is 35.1 Å². The zero-order chi connectivity index (χ0) is 40.8. The van der Waals surface area contributed by atoms with Crippen LogP contribution in [0.4, 0.5) is 13.6 Å². The second-order valence-electron chi connectivity index (χ2n) is 14.2. The van der Waals surface area contributed by atoms with E-state index in [4.69, 9.17) is 19.9 Å². The predicted octanol–water partition coefficient (Wildman–Crippen LogP) is 4.93.